The van der Waals surface area contributed by atoms with E-state index in [-0.39, 0.29) is 11.0 Å². The summed E-state index contributed by atoms with van der Waals surface area (Å²) >= 11 is 0. The number of nitrogens with zero attached hydrogens (tertiary/aromatic N) is 1. The van der Waals surface area contributed by atoms with Gasteiger partial charge in [-0.3, -0.25) is 0 Å². The van der Waals surface area contributed by atoms with E-state index in [0.717, 1.165) is 0 Å². The first kappa shape index (κ1) is 14.7. The molecule has 3 aromatic rings. The van der Waals surface area contributed by atoms with Gasteiger partial charge in [-0.15, -0.1) is 0 Å². The van der Waals surface area contributed by atoms with E-state index >= 15 is 0 Å². The third kappa shape index (κ3) is 2.37. The monoisotopic (exact) mass is 305 g/mol. The first-order valence-electron chi connectivity index (χ1n) is 6.78. The standard InChI is InChI=1S/C17H14F3NO/c1-21(2)9-11-14-15(20)12(18)8-13(19)17(14)22-16(11)10-6-4-3-5-7-10/h3-8H,9H2,1-2H3. The summed E-state index contributed by atoms with van der Waals surface area (Å²) in [4.78, 5) is 1.79. The maximum Gasteiger partial charge on any atom is 0.173 e. The van der Waals surface area contributed by atoms with Crippen LogP contribution in [0.25, 0.3) is 22.3 Å². The van der Waals surface area contributed by atoms with Crippen molar-refractivity contribution in [2.45, 2.75) is 6.54 Å². The van der Waals surface area contributed by atoms with Crippen LogP contribution in [0.2, 0.25) is 0 Å². The zero-order valence-corrected chi connectivity index (χ0v) is 12.2. The first-order valence-corrected chi connectivity index (χ1v) is 6.78. The Morgan fingerprint density at radius 3 is 2.32 bits per heavy atom. The van der Waals surface area contributed by atoms with E-state index in [2.05, 4.69) is 0 Å². The smallest absolute Gasteiger partial charge is 0.173 e. The number of benzene rings is 2. The molecule has 0 N–H and O–H groups in total. The minimum absolute atomic E-state index is 0.134. The quantitative estimate of drug-likeness (QED) is 0.659. The normalized spacial score (nSPS) is 11.5. The molecule has 3 rings (SSSR count). The van der Waals surface area contributed by atoms with Gasteiger partial charge < -0.3 is 9.32 Å². The predicted molar refractivity (Wildman–Crippen MR) is 78.9 cm³/mol. The van der Waals surface area contributed by atoms with Gasteiger partial charge in [0.05, 0.1) is 5.39 Å². The van der Waals surface area contributed by atoms with Crippen molar-refractivity contribution in [3.63, 3.8) is 0 Å². The minimum atomic E-state index is -1.22. The van der Waals surface area contributed by atoms with Crippen LogP contribution in [0.4, 0.5) is 13.2 Å². The fourth-order valence-electron chi connectivity index (χ4n) is 2.51. The molecule has 114 valence electrons. The van der Waals surface area contributed by atoms with Gasteiger partial charge in [-0.2, -0.15) is 0 Å². The lowest BCUT2D eigenvalue weighted by Gasteiger charge is -2.10. The SMILES string of the molecule is CN(C)Cc1c(-c2ccccc2)oc2c(F)cc(F)c(F)c12. The molecule has 5 heteroatoms. The second kappa shape index (κ2) is 5.50. The van der Waals surface area contributed by atoms with E-state index in [0.29, 0.717) is 29.5 Å². The summed E-state index contributed by atoms with van der Waals surface area (Å²) in [5.41, 5.74) is 0.867. The second-order valence-electron chi connectivity index (χ2n) is 5.37. The molecular formula is C17H14F3NO. The van der Waals surface area contributed by atoms with E-state index < -0.39 is 17.5 Å². The fraction of sp³-hybridized carbons (Fsp3) is 0.176. The molecule has 0 saturated heterocycles. The van der Waals surface area contributed by atoms with Crippen LogP contribution in [-0.2, 0) is 6.54 Å². The Hall–Kier alpha value is -2.27. The Labute approximate surface area is 125 Å². The van der Waals surface area contributed by atoms with Crippen LogP contribution in [0.1, 0.15) is 5.56 Å². The van der Waals surface area contributed by atoms with Gasteiger partial charge in [-0.05, 0) is 14.1 Å². The molecule has 22 heavy (non-hydrogen) atoms. The molecule has 0 radical (unpaired) electrons. The van der Waals surface area contributed by atoms with E-state index in [1.54, 1.807) is 43.3 Å². The van der Waals surface area contributed by atoms with Gasteiger partial charge in [0, 0.05) is 23.7 Å². The molecule has 0 spiro atoms. The van der Waals surface area contributed by atoms with Gasteiger partial charge in [0.2, 0.25) is 0 Å². The lowest BCUT2D eigenvalue weighted by atomic mass is 10.0. The molecule has 0 unspecified atom stereocenters. The van der Waals surface area contributed by atoms with Crippen molar-refractivity contribution in [2.24, 2.45) is 0 Å². The van der Waals surface area contributed by atoms with Crippen LogP contribution in [0.5, 0.6) is 0 Å². The van der Waals surface area contributed by atoms with E-state index in [1.807, 2.05) is 6.07 Å². The molecule has 0 amide bonds. The van der Waals surface area contributed by atoms with Gasteiger partial charge in [0.1, 0.15) is 5.76 Å². The lowest BCUT2D eigenvalue weighted by molar-refractivity contribution is 0.402. The molecule has 0 saturated carbocycles. The van der Waals surface area contributed by atoms with Crippen molar-refractivity contribution in [3.8, 4) is 11.3 Å². The van der Waals surface area contributed by atoms with Crippen molar-refractivity contribution in [1.29, 1.82) is 0 Å². The van der Waals surface area contributed by atoms with Gasteiger partial charge in [0.15, 0.2) is 23.0 Å². The van der Waals surface area contributed by atoms with Crippen LogP contribution in [-0.4, -0.2) is 19.0 Å². The van der Waals surface area contributed by atoms with Gasteiger partial charge >= 0.3 is 0 Å². The lowest BCUT2D eigenvalue weighted by Crippen LogP contribution is -2.11. The molecule has 0 atom stereocenters. The van der Waals surface area contributed by atoms with E-state index in [9.17, 15) is 13.2 Å². The maximum atomic E-state index is 14.2. The summed E-state index contributed by atoms with van der Waals surface area (Å²) in [5, 5.41) is -0.134. The number of hydrogen-bond donors (Lipinski definition) is 0. The molecule has 0 bridgehead atoms. The van der Waals surface area contributed by atoms with Crippen molar-refractivity contribution in [1.82, 2.24) is 4.90 Å². The Bertz CT molecular complexity index is 825. The van der Waals surface area contributed by atoms with Gasteiger partial charge in [0.25, 0.3) is 0 Å². The van der Waals surface area contributed by atoms with Crippen molar-refractivity contribution < 1.29 is 17.6 Å². The Kier molecular flexibility index (Phi) is 3.66. The van der Waals surface area contributed by atoms with E-state index in [4.69, 9.17) is 4.42 Å². The highest BCUT2D eigenvalue weighted by Crippen LogP contribution is 2.37. The molecule has 0 fully saturated rings. The van der Waals surface area contributed by atoms with Crippen molar-refractivity contribution >= 4 is 11.0 Å². The molecule has 2 aromatic carbocycles. The minimum Gasteiger partial charge on any atom is -0.453 e. The molecule has 0 aliphatic heterocycles. The predicted octanol–water partition coefficient (Wildman–Crippen LogP) is 4.58. The van der Waals surface area contributed by atoms with E-state index in [1.165, 1.54) is 0 Å². The third-order valence-corrected chi connectivity index (χ3v) is 3.42. The molecule has 1 aromatic heterocycles. The zero-order valence-electron chi connectivity index (χ0n) is 12.2. The first-order chi connectivity index (χ1) is 10.5. The molecule has 0 aliphatic rings. The largest absolute Gasteiger partial charge is 0.453 e. The van der Waals surface area contributed by atoms with Crippen LogP contribution in [0, 0.1) is 17.5 Å². The number of furan rings is 1. The average Bonchev–Trinajstić information content (AvgIpc) is 2.85. The maximum absolute atomic E-state index is 14.2. The second-order valence-corrected chi connectivity index (χ2v) is 5.37. The van der Waals surface area contributed by atoms with Gasteiger partial charge in [-0.25, -0.2) is 13.2 Å². The summed E-state index contributed by atoms with van der Waals surface area (Å²) in [6.45, 7) is 0.303. The number of halogens is 3. The molecule has 0 aliphatic carbocycles. The highest BCUT2D eigenvalue weighted by atomic mass is 19.2. The Morgan fingerprint density at radius 2 is 1.68 bits per heavy atom. The molecule has 2 nitrogen and oxygen atoms in total. The summed E-state index contributed by atoms with van der Waals surface area (Å²) in [5.74, 6) is -2.85. The molecule has 1 heterocycles. The van der Waals surface area contributed by atoms with Gasteiger partial charge in [-0.1, -0.05) is 30.3 Å². The summed E-state index contributed by atoms with van der Waals surface area (Å²) in [6, 6.07) is 9.50. The van der Waals surface area contributed by atoms with Crippen LogP contribution in [0.15, 0.2) is 40.8 Å². The number of rotatable bonds is 3. The fourth-order valence-corrected chi connectivity index (χ4v) is 2.51. The molecular weight excluding hydrogens is 291 g/mol. The third-order valence-electron chi connectivity index (χ3n) is 3.42. The van der Waals surface area contributed by atoms with Crippen LogP contribution >= 0.6 is 0 Å². The summed E-state index contributed by atoms with van der Waals surface area (Å²) in [6.07, 6.45) is 0. The average molecular weight is 305 g/mol. The van der Waals surface area contributed by atoms with Crippen molar-refractivity contribution in [3.05, 3.63) is 59.4 Å². The van der Waals surface area contributed by atoms with Crippen molar-refractivity contribution in [2.75, 3.05) is 14.1 Å². The highest BCUT2D eigenvalue weighted by molar-refractivity contribution is 5.89. The zero-order chi connectivity index (χ0) is 15.9. The van der Waals surface area contributed by atoms with Crippen LogP contribution in [0.3, 0.4) is 0 Å². The number of hydrogen-bond acceptors (Lipinski definition) is 2. The Morgan fingerprint density at radius 1 is 1.00 bits per heavy atom. The van der Waals surface area contributed by atoms with Crippen LogP contribution < -0.4 is 0 Å². The summed E-state index contributed by atoms with van der Waals surface area (Å²) < 4.78 is 47.3. The highest BCUT2D eigenvalue weighted by Gasteiger charge is 2.24. The topological polar surface area (TPSA) is 16.4 Å². The number of fused-ring (bicyclic) bond motifs is 1. The summed E-state index contributed by atoms with van der Waals surface area (Å²) in [7, 11) is 3.59. The Balaban J connectivity index is 2.37.